The number of hydrogen-bond donors (Lipinski definition) is 1. The summed E-state index contributed by atoms with van der Waals surface area (Å²) in [5.74, 6) is 0.669. The fraction of sp³-hybridized carbons (Fsp3) is 1.00. The first kappa shape index (κ1) is 17.9. The molecule has 0 spiro atoms. The molecule has 0 aliphatic rings. The number of methoxy groups -OCH3 is 1. The number of nitrogens with zero attached hydrogens (tertiary/aromatic N) is 1. The number of rotatable bonds is 11. The highest BCUT2D eigenvalue weighted by molar-refractivity contribution is 4.79. The van der Waals surface area contributed by atoms with Crippen molar-refractivity contribution in [1.82, 2.24) is 10.2 Å². The molecule has 0 fully saturated rings. The average Bonchev–Trinajstić information content (AvgIpc) is 2.40. The van der Waals surface area contributed by atoms with E-state index in [2.05, 4.69) is 44.8 Å². The van der Waals surface area contributed by atoms with Crippen LogP contribution in [0.2, 0.25) is 0 Å². The normalized spacial score (nSPS) is 15.3. The molecule has 2 unspecified atom stereocenters. The van der Waals surface area contributed by atoms with Crippen molar-refractivity contribution in [2.75, 3.05) is 33.4 Å². The Hall–Kier alpha value is -0.120. The molecule has 110 valence electrons. The average molecular weight is 258 g/mol. The van der Waals surface area contributed by atoms with Crippen LogP contribution in [0.4, 0.5) is 0 Å². The first-order valence-corrected chi connectivity index (χ1v) is 7.57. The Morgan fingerprint density at radius 3 is 2.17 bits per heavy atom. The predicted molar refractivity (Wildman–Crippen MR) is 80.1 cm³/mol. The Kier molecular flexibility index (Phi) is 10.7. The van der Waals surface area contributed by atoms with Crippen LogP contribution in [0.1, 0.15) is 47.5 Å². The lowest BCUT2D eigenvalue weighted by Gasteiger charge is -2.38. The zero-order valence-electron chi connectivity index (χ0n) is 13.3. The van der Waals surface area contributed by atoms with Gasteiger partial charge in [0.15, 0.2) is 0 Å². The third-order valence-electron chi connectivity index (χ3n) is 4.03. The first-order valence-electron chi connectivity index (χ1n) is 7.57. The van der Waals surface area contributed by atoms with Gasteiger partial charge in [0.2, 0.25) is 0 Å². The highest BCUT2D eigenvalue weighted by Crippen LogP contribution is 2.17. The van der Waals surface area contributed by atoms with Crippen molar-refractivity contribution in [1.29, 1.82) is 0 Å². The maximum atomic E-state index is 5.27. The highest BCUT2D eigenvalue weighted by Gasteiger charge is 2.24. The Morgan fingerprint density at radius 1 is 1.11 bits per heavy atom. The van der Waals surface area contributed by atoms with Gasteiger partial charge in [-0.2, -0.15) is 0 Å². The van der Waals surface area contributed by atoms with E-state index in [-0.39, 0.29) is 0 Å². The minimum absolute atomic E-state index is 0.601. The molecular weight excluding hydrogens is 224 g/mol. The van der Waals surface area contributed by atoms with Gasteiger partial charge in [0.25, 0.3) is 0 Å². The summed E-state index contributed by atoms with van der Waals surface area (Å²) < 4.78 is 5.27. The topological polar surface area (TPSA) is 24.5 Å². The van der Waals surface area contributed by atoms with Gasteiger partial charge in [0.1, 0.15) is 0 Å². The molecule has 0 saturated heterocycles. The maximum absolute atomic E-state index is 5.27. The Morgan fingerprint density at radius 2 is 1.72 bits per heavy atom. The Labute approximate surface area is 114 Å². The molecule has 0 bridgehead atoms. The lowest BCUT2D eigenvalue weighted by Crippen LogP contribution is -2.48. The molecule has 0 aliphatic heterocycles. The highest BCUT2D eigenvalue weighted by atomic mass is 16.5. The van der Waals surface area contributed by atoms with Gasteiger partial charge in [-0.15, -0.1) is 0 Å². The van der Waals surface area contributed by atoms with Gasteiger partial charge in [-0.05, 0) is 38.8 Å². The summed E-state index contributed by atoms with van der Waals surface area (Å²) in [5.41, 5.74) is 0. The van der Waals surface area contributed by atoms with Gasteiger partial charge >= 0.3 is 0 Å². The van der Waals surface area contributed by atoms with Crippen LogP contribution in [-0.2, 0) is 4.74 Å². The molecule has 0 amide bonds. The van der Waals surface area contributed by atoms with E-state index >= 15 is 0 Å². The zero-order valence-corrected chi connectivity index (χ0v) is 13.3. The van der Waals surface area contributed by atoms with E-state index in [9.17, 15) is 0 Å². The largest absolute Gasteiger partial charge is 0.383 e. The lowest BCUT2D eigenvalue weighted by molar-refractivity contribution is 0.0645. The summed E-state index contributed by atoms with van der Waals surface area (Å²) >= 11 is 0. The summed E-state index contributed by atoms with van der Waals surface area (Å²) in [6.07, 6.45) is 2.44. The van der Waals surface area contributed by atoms with Gasteiger partial charge < -0.3 is 10.1 Å². The molecule has 3 heteroatoms. The van der Waals surface area contributed by atoms with Crippen molar-refractivity contribution in [3.8, 4) is 0 Å². The van der Waals surface area contributed by atoms with Crippen LogP contribution in [-0.4, -0.2) is 50.3 Å². The van der Waals surface area contributed by atoms with E-state index in [0.29, 0.717) is 18.0 Å². The molecule has 0 aromatic heterocycles. The molecule has 18 heavy (non-hydrogen) atoms. The number of ether oxygens (including phenoxy) is 1. The lowest BCUT2D eigenvalue weighted by atomic mass is 9.98. The molecule has 0 aromatic rings. The summed E-state index contributed by atoms with van der Waals surface area (Å²) in [4.78, 5) is 2.63. The van der Waals surface area contributed by atoms with E-state index in [1.807, 2.05) is 0 Å². The van der Waals surface area contributed by atoms with Crippen LogP contribution < -0.4 is 5.32 Å². The van der Waals surface area contributed by atoms with Crippen LogP contribution in [0, 0.1) is 5.92 Å². The molecule has 0 rings (SSSR count). The molecule has 3 nitrogen and oxygen atoms in total. The summed E-state index contributed by atoms with van der Waals surface area (Å²) in [6.45, 7) is 15.5. The number of nitrogens with one attached hydrogen (secondary N) is 1. The predicted octanol–water partition coefficient (Wildman–Crippen LogP) is 2.76. The van der Waals surface area contributed by atoms with Crippen LogP contribution in [0.3, 0.4) is 0 Å². The van der Waals surface area contributed by atoms with Crippen LogP contribution in [0.15, 0.2) is 0 Å². The van der Waals surface area contributed by atoms with Crippen molar-refractivity contribution < 1.29 is 4.74 Å². The minimum atomic E-state index is 0.601. The van der Waals surface area contributed by atoms with Crippen LogP contribution in [0.25, 0.3) is 0 Å². The first-order chi connectivity index (χ1) is 8.62. The zero-order chi connectivity index (χ0) is 14.0. The molecule has 0 aromatic carbocycles. The number of hydrogen-bond acceptors (Lipinski definition) is 3. The van der Waals surface area contributed by atoms with Crippen molar-refractivity contribution in [2.24, 2.45) is 5.92 Å². The van der Waals surface area contributed by atoms with E-state index in [4.69, 9.17) is 4.74 Å². The molecular formula is C15H34N2O. The van der Waals surface area contributed by atoms with Crippen LogP contribution >= 0.6 is 0 Å². The molecule has 0 aliphatic carbocycles. The smallest absolute Gasteiger partial charge is 0.0589 e. The van der Waals surface area contributed by atoms with Crippen molar-refractivity contribution in [3.05, 3.63) is 0 Å². The van der Waals surface area contributed by atoms with Gasteiger partial charge in [-0.3, -0.25) is 4.90 Å². The second-order valence-corrected chi connectivity index (χ2v) is 5.23. The van der Waals surface area contributed by atoms with E-state index in [0.717, 1.165) is 26.2 Å². The van der Waals surface area contributed by atoms with E-state index in [1.54, 1.807) is 7.11 Å². The van der Waals surface area contributed by atoms with Gasteiger partial charge in [0, 0.05) is 25.7 Å². The molecule has 0 heterocycles. The van der Waals surface area contributed by atoms with Crippen molar-refractivity contribution in [2.45, 2.75) is 59.5 Å². The van der Waals surface area contributed by atoms with Crippen molar-refractivity contribution in [3.63, 3.8) is 0 Å². The quantitative estimate of drug-likeness (QED) is 0.617. The monoisotopic (exact) mass is 258 g/mol. The fourth-order valence-corrected chi connectivity index (χ4v) is 2.54. The molecule has 0 radical (unpaired) electrons. The van der Waals surface area contributed by atoms with Gasteiger partial charge in [-0.1, -0.05) is 27.7 Å². The van der Waals surface area contributed by atoms with E-state index in [1.165, 1.54) is 12.8 Å². The molecule has 2 atom stereocenters. The van der Waals surface area contributed by atoms with Gasteiger partial charge in [0.05, 0.1) is 6.61 Å². The second kappa shape index (κ2) is 10.8. The standard InChI is InChI=1S/C15H34N2O/c1-7-15(8-2)17(10-11-18-6)14(5)13(4)12-16-9-3/h13-16H,7-12H2,1-6H3. The molecule has 0 saturated carbocycles. The summed E-state index contributed by atoms with van der Waals surface area (Å²) in [5, 5.41) is 3.46. The SMILES string of the molecule is CCNCC(C)C(C)N(CCOC)C(CC)CC. The summed E-state index contributed by atoms with van der Waals surface area (Å²) in [6, 6.07) is 1.28. The molecule has 1 N–H and O–H groups in total. The maximum Gasteiger partial charge on any atom is 0.0589 e. The van der Waals surface area contributed by atoms with Gasteiger partial charge in [-0.25, -0.2) is 0 Å². The fourth-order valence-electron chi connectivity index (χ4n) is 2.54. The second-order valence-electron chi connectivity index (χ2n) is 5.23. The van der Waals surface area contributed by atoms with Crippen LogP contribution in [0.5, 0.6) is 0 Å². The Balaban J connectivity index is 4.50. The van der Waals surface area contributed by atoms with E-state index < -0.39 is 0 Å². The minimum Gasteiger partial charge on any atom is -0.383 e. The summed E-state index contributed by atoms with van der Waals surface area (Å²) in [7, 11) is 1.79. The van der Waals surface area contributed by atoms with Crippen molar-refractivity contribution >= 4 is 0 Å². The third-order valence-corrected chi connectivity index (χ3v) is 4.03. The Bertz CT molecular complexity index is 183. The third kappa shape index (κ3) is 6.17.